The molecule has 0 bridgehead atoms. The molecule has 3 nitrogen and oxygen atoms in total. The molecule has 1 heterocycles. The topological polar surface area (TPSA) is 49.7 Å². The Kier molecular flexibility index (Phi) is 2.65. The smallest absolute Gasteiger partial charge is 0.157 e. The van der Waals surface area contributed by atoms with Crippen LogP contribution < -0.4 is 0 Å². The Morgan fingerprint density at radius 2 is 2.10 bits per heavy atom. The minimum absolute atomic E-state index is 0.0405. The summed E-state index contributed by atoms with van der Waals surface area (Å²) >= 11 is 0. The lowest BCUT2D eigenvalue weighted by molar-refractivity contribution is -0.189. The van der Waals surface area contributed by atoms with Crippen molar-refractivity contribution in [1.29, 1.82) is 0 Å². The molecule has 0 aliphatic carbocycles. The molecule has 10 heavy (non-hydrogen) atoms. The van der Waals surface area contributed by atoms with Crippen LogP contribution in [0.1, 0.15) is 26.2 Å². The van der Waals surface area contributed by atoms with Crippen molar-refractivity contribution in [3.8, 4) is 0 Å². The molecular weight excluding hydrogens is 132 g/mol. The van der Waals surface area contributed by atoms with E-state index < -0.39 is 6.29 Å². The van der Waals surface area contributed by atoms with Crippen molar-refractivity contribution < 1.29 is 14.9 Å². The van der Waals surface area contributed by atoms with Gasteiger partial charge in [0.2, 0.25) is 0 Å². The average Bonchev–Trinajstić information content (AvgIpc) is 1.85. The van der Waals surface area contributed by atoms with Crippen molar-refractivity contribution >= 4 is 0 Å². The SMILES string of the molecule is CCC1CC(O)CC(O)O1. The highest BCUT2D eigenvalue weighted by Crippen LogP contribution is 2.19. The van der Waals surface area contributed by atoms with Crippen LogP contribution in [0.3, 0.4) is 0 Å². The first-order valence-corrected chi connectivity index (χ1v) is 3.74. The van der Waals surface area contributed by atoms with Crippen molar-refractivity contribution in [2.75, 3.05) is 0 Å². The number of aliphatic hydroxyl groups excluding tert-OH is 2. The average molecular weight is 146 g/mol. The fourth-order valence-electron chi connectivity index (χ4n) is 1.23. The molecule has 2 N–H and O–H groups in total. The second-order valence-corrected chi connectivity index (χ2v) is 2.75. The van der Waals surface area contributed by atoms with E-state index in [1.807, 2.05) is 6.92 Å². The standard InChI is InChI=1S/C7H14O3/c1-2-6-3-5(8)4-7(9)10-6/h5-9H,2-4H2,1H3. The zero-order chi connectivity index (χ0) is 7.56. The molecule has 1 fully saturated rings. The van der Waals surface area contributed by atoms with Crippen molar-refractivity contribution in [3.05, 3.63) is 0 Å². The fraction of sp³-hybridized carbons (Fsp3) is 1.00. The number of hydrogen-bond acceptors (Lipinski definition) is 3. The molecule has 0 saturated carbocycles. The largest absolute Gasteiger partial charge is 0.393 e. The van der Waals surface area contributed by atoms with E-state index in [0.717, 1.165) is 6.42 Å². The summed E-state index contributed by atoms with van der Waals surface area (Å²) in [5.74, 6) is 0. The highest BCUT2D eigenvalue weighted by atomic mass is 16.6. The van der Waals surface area contributed by atoms with Gasteiger partial charge in [0.05, 0.1) is 12.2 Å². The third-order valence-corrected chi connectivity index (χ3v) is 1.81. The van der Waals surface area contributed by atoms with E-state index in [0.29, 0.717) is 12.8 Å². The van der Waals surface area contributed by atoms with Gasteiger partial charge in [0, 0.05) is 6.42 Å². The van der Waals surface area contributed by atoms with Crippen molar-refractivity contribution in [1.82, 2.24) is 0 Å². The summed E-state index contributed by atoms with van der Waals surface area (Å²) in [4.78, 5) is 0. The quantitative estimate of drug-likeness (QED) is 0.557. The van der Waals surface area contributed by atoms with E-state index in [-0.39, 0.29) is 12.2 Å². The van der Waals surface area contributed by atoms with Crippen LogP contribution >= 0.6 is 0 Å². The van der Waals surface area contributed by atoms with E-state index in [1.54, 1.807) is 0 Å². The van der Waals surface area contributed by atoms with E-state index >= 15 is 0 Å². The second-order valence-electron chi connectivity index (χ2n) is 2.75. The maximum Gasteiger partial charge on any atom is 0.157 e. The molecule has 1 aliphatic heterocycles. The van der Waals surface area contributed by atoms with Gasteiger partial charge in [-0.15, -0.1) is 0 Å². The number of aliphatic hydroxyl groups is 2. The molecule has 0 spiro atoms. The van der Waals surface area contributed by atoms with Crippen molar-refractivity contribution in [2.45, 2.75) is 44.7 Å². The Bertz CT molecular complexity index is 95.0. The molecule has 1 aliphatic rings. The zero-order valence-electron chi connectivity index (χ0n) is 6.16. The van der Waals surface area contributed by atoms with E-state index in [1.165, 1.54) is 0 Å². The van der Waals surface area contributed by atoms with Gasteiger partial charge >= 0.3 is 0 Å². The summed E-state index contributed by atoms with van der Waals surface area (Å²) in [6.07, 6.45) is 0.777. The summed E-state index contributed by atoms with van der Waals surface area (Å²) < 4.78 is 5.10. The minimum atomic E-state index is -0.756. The Hall–Kier alpha value is -0.120. The Balaban J connectivity index is 2.35. The number of ether oxygens (including phenoxy) is 1. The molecule has 0 amide bonds. The third-order valence-electron chi connectivity index (χ3n) is 1.81. The first-order chi connectivity index (χ1) is 4.72. The van der Waals surface area contributed by atoms with Gasteiger partial charge in [-0.3, -0.25) is 0 Å². The lowest BCUT2D eigenvalue weighted by Crippen LogP contribution is -2.34. The Morgan fingerprint density at radius 1 is 1.40 bits per heavy atom. The molecule has 1 saturated heterocycles. The van der Waals surface area contributed by atoms with Crippen LogP contribution in [0.25, 0.3) is 0 Å². The van der Waals surface area contributed by atoms with Crippen LogP contribution in [-0.2, 0) is 4.74 Å². The minimum Gasteiger partial charge on any atom is -0.393 e. The van der Waals surface area contributed by atoms with Crippen LogP contribution in [0, 0.1) is 0 Å². The van der Waals surface area contributed by atoms with Crippen LogP contribution in [0.2, 0.25) is 0 Å². The normalized spacial score (nSPS) is 41.7. The molecule has 3 unspecified atom stereocenters. The molecule has 60 valence electrons. The van der Waals surface area contributed by atoms with E-state index in [4.69, 9.17) is 14.9 Å². The number of hydrogen-bond donors (Lipinski definition) is 2. The molecule has 3 heteroatoms. The Labute approximate surface area is 60.6 Å². The molecular formula is C7H14O3. The molecule has 0 aromatic carbocycles. The summed E-state index contributed by atoms with van der Waals surface area (Å²) in [6.45, 7) is 1.98. The van der Waals surface area contributed by atoms with Gasteiger partial charge in [-0.2, -0.15) is 0 Å². The van der Waals surface area contributed by atoms with Gasteiger partial charge < -0.3 is 14.9 Å². The van der Waals surface area contributed by atoms with Gasteiger partial charge in [0.1, 0.15) is 0 Å². The maximum atomic E-state index is 9.14. The van der Waals surface area contributed by atoms with Crippen LogP contribution in [0.4, 0.5) is 0 Å². The van der Waals surface area contributed by atoms with Gasteiger partial charge in [-0.25, -0.2) is 0 Å². The molecule has 0 aromatic heterocycles. The highest BCUT2D eigenvalue weighted by molar-refractivity contribution is 4.70. The summed E-state index contributed by atoms with van der Waals surface area (Å²) in [7, 11) is 0. The fourth-order valence-corrected chi connectivity index (χ4v) is 1.23. The highest BCUT2D eigenvalue weighted by Gasteiger charge is 2.25. The summed E-state index contributed by atoms with van der Waals surface area (Å²) in [5, 5.41) is 18.1. The molecule has 1 rings (SSSR count). The predicted molar refractivity (Wildman–Crippen MR) is 36.4 cm³/mol. The number of rotatable bonds is 1. The third kappa shape index (κ3) is 1.94. The van der Waals surface area contributed by atoms with Crippen LogP contribution in [0.5, 0.6) is 0 Å². The lowest BCUT2D eigenvalue weighted by Gasteiger charge is -2.29. The second kappa shape index (κ2) is 3.32. The summed E-state index contributed by atoms with van der Waals surface area (Å²) in [6, 6.07) is 0. The van der Waals surface area contributed by atoms with Crippen molar-refractivity contribution in [2.24, 2.45) is 0 Å². The van der Waals surface area contributed by atoms with Gasteiger partial charge in [0.25, 0.3) is 0 Å². The van der Waals surface area contributed by atoms with Crippen LogP contribution in [-0.4, -0.2) is 28.7 Å². The van der Waals surface area contributed by atoms with Crippen LogP contribution in [0.15, 0.2) is 0 Å². The first-order valence-electron chi connectivity index (χ1n) is 3.74. The van der Waals surface area contributed by atoms with Gasteiger partial charge in [-0.1, -0.05) is 6.92 Å². The zero-order valence-corrected chi connectivity index (χ0v) is 6.16. The lowest BCUT2D eigenvalue weighted by atomic mass is 10.0. The first kappa shape index (κ1) is 7.98. The predicted octanol–water partition coefficient (Wildman–Crippen LogP) is 0.255. The Morgan fingerprint density at radius 3 is 2.60 bits per heavy atom. The molecule has 0 aromatic rings. The molecule has 0 radical (unpaired) electrons. The maximum absolute atomic E-state index is 9.14. The van der Waals surface area contributed by atoms with E-state index in [9.17, 15) is 0 Å². The summed E-state index contributed by atoms with van der Waals surface area (Å²) in [5.41, 5.74) is 0. The monoisotopic (exact) mass is 146 g/mol. The van der Waals surface area contributed by atoms with E-state index in [2.05, 4.69) is 0 Å². The van der Waals surface area contributed by atoms with Crippen molar-refractivity contribution in [3.63, 3.8) is 0 Å². The molecule has 3 atom stereocenters. The van der Waals surface area contributed by atoms with Gasteiger partial charge in [-0.05, 0) is 12.8 Å². The van der Waals surface area contributed by atoms with Gasteiger partial charge in [0.15, 0.2) is 6.29 Å².